The second kappa shape index (κ2) is 8.88. The predicted octanol–water partition coefficient (Wildman–Crippen LogP) is 4.58. The number of thioether (sulfide) groups is 1. The number of hydrogen-bond acceptors (Lipinski definition) is 8. The third-order valence-electron chi connectivity index (χ3n) is 3.83. The first kappa shape index (κ1) is 19.2. The summed E-state index contributed by atoms with van der Waals surface area (Å²) in [5.41, 5.74) is 2.69. The van der Waals surface area contributed by atoms with E-state index in [0.29, 0.717) is 22.2 Å². The van der Waals surface area contributed by atoms with Gasteiger partial charge in [0.1, 0.15) is 0 Å². The molecule has 2 aromatic carbocycles. The summed E-state index contributed by atoms with van der Waals surface area (Å²) in [5.74, 6) is 1.39. The van der Waals surface area contributed by atoms with Crippen LogP contribution >= 0.6 is 23.1 Å². The number of nitrogens with zero attached hydrogens (tertiary/aromatic N) is 2. The Balaban J connectivity index is 1.61. The SMILES string of the molecule is COc1ccc(C(=O)CSc2nnc(Nc3ccccc3C)s2)cc1OC. The molecule has 1 aromatic heterocycles. The lowest BCUT2D eigenvalue weighted by Gasteiger charge is -2.08. The fourth-order valence-electron chi connectivity index (χ4n) is 2.37. The summed E-state index contributed by atoms with van der Waals surface area (Å²) < 4.78 is 11.2. The molecule has 140 valence electrons. The van der Waals surface area contributed by atoms with E-state index in [-0.39, 0.29) is 11.5 Å². The third kappa shape index (κ3) is 4.78. The van der Waals surface area contributed by atoms with Gasteiger partial charge in [-0.05, 0) is 36.8 Å². The van der Waals surface area contributed by atoms with Gasteiger partial charge < -0.3 is 14.8 Å². The summed E-state index contributed by atoms with van der Waals surface area (Å²) in [6.45, 7) is 2.03. The number of hydrogen-bond donors (Lipinski definition) is 1. The molecular formula is C19H19N3O3S2. The number of nitrogens with one attached hydrogen (secondary N) is 1. The number of Topliss-reactive ketones (excluding diaryl/α,β-unsaturated/α-hetero) is 1. The highest BCUT2D eigenvalue weighted by Crippen LogP contribution is 2.31. The molecule has 0 spiro atoms. The first-order valence-corrected chi connectivity index (χ1v) is 9.95. The fraction of sp³-hybridized carbons (Fsp3) is 0.211. The molecule has 0 aliphatic rings. The van der Waals surface area contributed by atoms with Crippen molar-refractivity contribution < 1.29 is 14.3 Å². The van der Waals surface area contributed by atoms with Crippen LogP contribution in [-0.2, 0) is 0 Å². The molecule has 8 heteroatoms. The molecule has 0 saturated carbocycles. The molecular weight excluding hydrogens is 382 g/mol. The first-order valence-electron chi connectivity index (χ1n) is 8.15. The number of benzene rings is 2. The van der Waals surface area contributed by atoms with Crippen molar-refractivity contribution in [2.24, 2.45) is 0 Å². The van der Waals surface area contributed by atoms with Crippen molar-refractivity contribution in [3.8, 4) is 11.5 Å². The molecule has 0 bridgehead atoms. The average Bonchev–Trinajstić information content (AvgIpc) is 3.14. The summed E-state index contributed by atoms with van der Waals surface area (Å²) in [7, 11) is 3.11. The van der Waals surface area contributed by atoms with Gasteiger partial charge in [0.05, 0.1) is 20.0 Å². The highest BCUT2D eigenvalue weighted by molar-refractivity contribution is 8.01. The van der Waals surface area contributed by atoms with Crippen molar-refractivity contribution in [3.05, 3.63) is 53.6 Å². The minimum absolute atomic E-state index is 0.00966. The van der Waals surface area contributed by atoms with Crippen LogP contribution in [-0.4, -0.2) is 36.0 Å². The van der Waals surface area contributed by atoms with Crippen molar-refractivity contribution in [3.63, 3.8) is 0 Å². The number of carbonyl (C=O) groups excluding carboxylic acids is 1. The number of rotatable bonds is 8. The molecule has 0 aliphatic carbocycles. The largest absolute Gasteiger partial charge is 0.493 e. The van der Waals surface area contributed by atoms with E-state index in [1.807, 2.05) is 31.2 Å². The van der Waals surface area contributed by atoms with E-state index in [1.54, 1.807) is 32.4 Å². The average molecular weight is 402 g/mol. The van der Waals surface area contributed by atoms with Gasteiger partial charge in [0.15, 0.2) is 21.6 Å². The molecule has 3 rings (SSSR count). The second-order valence-corrected chi connectivity index (χ2v) is 7.79. The van der Waals surface area contributed by atoms with Crippen LogP contribution in [0.5, 0.6) is 11.5 Å². The number of ketones is 1. The molecule has 0 aliphatic heterocycles. The third-order valence-corrected chi connectivity index (χ3v) is 5.80. The maximum absolute atomic E-state index is 12.5. The molecule has 0 fully saturated rings. The minimum atomic E-state index is -0.00966. The van der Waals surface area contributed by atoms with E-state index in [1.165, 1.54) is 23.1 Å². The number of aromatic nitrogens is 2. The number of anilines is 2. The van der Waals surface area contributed by atoms with E-state index < -0.39 is 0 Å². The molecule has 0 radical (unpaired) electrons. The summed E-state index contributed by atoms with van der Waals surface area (Å²) >= 11 is 2.79. The van der Waals surface area contributed by atoms with Crippen molar-refractivity contribution in [2.45, 2.75) is 11.3 Å². The van der Waals surface area contributed by atoms with Crippen molar-refractivity contribution in [1.29, 1.82) is 0 Å². The van der Waals surface area contributed by atoms with E-state index >= 15 is 0 Å². The van der Waals surface area contributed by atoms with Crippen molar-refractivity contribution in [2.75, 3.05) is 25.3 Å². The monoisotopic (exact) mass is 401 g/mol. The molecule has 1 N–H and O–H groups in total. The van der Waals surface area contributed by atoms with Crippen LogP contribution in [0, 0.1) is 6.92 Å². The Labute approximate surface area is 165 Å². The van der Waals surface area contributed by atoms with Crippen LogP contribution in [0.15, 0.2) is 46.8 Å². The smallest absolute Gasteiger partial charge is 0.210 e. The van der Waals surface area contributed by atoms with Crippen LogP contribution in [0.3, 0.4) is 0 Å². The maximum atomic E-state index is 12.5. The van der Waals surface area contributed by atoms with E-state index in [2.05, 4.69) is 15.5 Å². The standard InChI is InChI=1S/C19H19N3O3S2/c1-12-6-4-5-7-14(12)20-18-21-22-19(27-18)26-11-15(23)13-8-9-16(24-2)17(10-13)25-3/h4-10H,11H2,1-3H3,(H,20,21). The van der Waals surface area contributed by atoms with Crippen molar-refractivity contribution >= 4 is 39.7 Å². The van der Waals surface area contributed by atoms with Gasteiger partial charge in [-0.25, -0.2) is 0 Å². The number of aryl methyl sites for hydroxylation is 1. The molecule has 3 aromatic rings. The van der Waals surface area contributed by atoms with Crippen LogP contribution in [0.25, 0.3) is 0 Å². The van der Waals surface area contributed by atoms with Gasteiger partial charge in [0.25, 0.3) is 0 Å². The summed E-state index contributed by atoms with van der Waals surface area (Å²) in [5, 5.41) is 12.2. The molecule has 0 atom stereocenters. The van der Waals surface area contributed by atoms with Gasteiger partial charge in [0.2, 0.25) is 5.13 Å². The zero-order chi connectivity index (χ0) is 19.2. The van der Waals surface area contributed by atoms with Crippen LogP contribution in [0.1, 0.15) is 15.9 Å². The zero-order valence-corrected chi connectivity index (χ0v) is 16.8. The number of para-hydroxylation sites is 1. The topological polar surface area (TPSA) is 73.3 Å². The Morgan fingerprint density at radius 2 is 1.89 bits per heavy atom. The summed E-state index contributed by atoms with van der Waals surface area (Å²) in [4.78, 5) is 12.5. The lowest BCUT2D eigenvalue weighted by atomic mass is 10.1. The fourth-order valence-corrected chi connectivity index (χ4v) is 4.03. The lowest BCUT2D eigenvalue weighted by molar-refractivity contribution is 0.102. The highest BCUT2D eigenvalue weighted by atomic mass is 32.2. The second-order valence-electron chi connectivity index (χ2n) is 5.59. The van der Waals surface area contributed by atoms with Gasteiger partial charge in [-0.15, -0.1) is 10.2 Å². The van der Waals surface area contributed by atoms with Gasteiger partial charge in [-0.3, -0.25) is 4.79 Å². The predicted molar refractivity (Wildman–Crippen MR) is 109 cm³/mol. The normalized spacial score (nSPS) is 10.5. The van der Waals surface area contributed by atoms with Gasteiger partial charge >= 0.3 is 0 Å². The Morgan fingerprint density at radius 3 is 2.63 bits per heavy atom. The molecule has 0 saturated heterocycles. The van der Waals surface area contributed by atoms with Crippen LogP contribution in [0.4, 0.5) is 10.8 Å². The molecule has 6 nitrogen and oxygen atoms in total. The maximum Gasteiger partial charge on any atom is 0.210 e. The Kier molecular flexibility index (Phi) is 6.31. The Hall–Kier alpha value is -2.58. The van der Waals surface area contributed by atoms with Gasteiger partial charge in [-0.1, -0.05) is 41.3 Å². The molecule has 27 heavy (non-hydrogen) atoms. The number of carbonyl (C=O) groups is 1. The van der Waals surface area contributed by atoms with E-state index in [0.717, 1.165) is 15.6 Å². The first-order chi connectivity index (χ1) is 13.1. The quantitative estimate of drug-likeness (QED) is 0.437. The Morgan fingerprint density at radius 1 is 1.11 bits per heavy atom. The van der Waals surface area contributed by atoms with Crippen molar-refractivity contribution in [1.82, 2.24) is 10.2 Å². The molecule has 0 unspecified atom stereocenters. The zero-order valence-electron chi connectivity index (χ0n) is 15.2. The summed E-state index contributed by atoms with van der Waals surface area (Å²) in [6, 6.07) is 13.1. The number of methoxy groups -OCH3 is 2. The van der Waals surface area contributed by atoms with E-state index in [4.69, 9.17) is 9.47 Å². The van der Waals surface area contributed by atoms with Crippen LogP contribution < -0.4 is 14.8 Å². The van der Waals surface area contributed by atoms with Gasteiger partial charge in [-0.2, -0.15) is 0 Å². The minimum Gasteiger partial charge on any atom is -0.493 e. The highest BCUT2D eigenvalue weighted by Gasteiger charge is 2.13. The van der Waals surface area contributed by atoms with Crippen LogP contribution in [0.2, 0.25) is 0 Å². The van der Waals surface area contributed by atoms with Gasteiger partial charge in [0, 0.05) is 11.3 Å². The Bertz CT molecular complexity index is 943. The lowest BCUT2D eigenvalue weighted by Crippen LogP contribution is -2.03. The summed E-state index contributed by atoms with van der Waals surface area (Å²) in [6.07, 6.45) is 0. The number of ether oxygens (including phenoxy) is 2. The van der Waals surface area contributed by atoms with E-state index in [9.17, 15) is 4.79 Å². The molecule has 1 heterocycles. The molecule has 0 amide bonds.